The third kappa shape index (κ3) is 3.68. The van der Waals surface area contributed by atoms with Crippen molar-refractivity contribution in [3.63, 3.8) is 0 Å². The first kappa shape index (κ1) is 14.4. The van der Waals surface area contributed by atoms with Crippen molar-refractivity contribution in [1.29, 1.82) is 0 Å². The average Bonchev–Trinajstić information content (AvgIpc) is 2.23. The lowest BCUT2D eigenvalue weighted by Crippen LogP contribution is -2.38. The number of nitrogens with one attached hydrogen (secondary N) is 2. The Morgan fingerprint density at radius 3 is 2.44 bits per heavy atom. The number of hydrogen-bond acceptors (Lipinski definition) is 3. The number of hydrogen-bond donors (Lipinski definition) is 2. The van der Waals surface area contributed by atoms with Gasteiger partial charge >= 0.3 is 0 Å². The van der Waals surface area contributed by atoms with Crippen LogP contribution in [-0.4, -0.2) is 21.9 Å². The zero-order valence-corrected chi connectivity index (χ0v) is 11.6. The summed E-state index contributed by atoms with van der Waals surface area (Å²) in [6, 6.07) is 0.0929. The van der Waals surface area contributed by atoms with E-state index >= 15 is 0 Å². The van der Waals surface area contributed by atoms with Gasteiger partial charge in [0.15, 0.2) is 0 Å². The van der Waals surface area contributed by atoms with Gasteiger partial charge in [-0.05, 0) is 26.7 Å². The van der Waals surface area contributed by atoms with Gasteiger partial charge in [-0.2, -0.15) is 0 Å². The standard InChI is InChI=1S/C13H21N3O2/c1-7(2)8(3)15-12(17)6-11-9(4)14-10(5)16-13(11)18/h7-8H,6H2,1-5H3,(H,15,17)(H,14,16,18). The third-order valence-electron chi connectivity index (χ3n) is 3.07. The molecular formula is C13H21N3O2. The molecule has 1 unspecified atom stereocenters. The van der Waals surface area contributed by atoms with E-state index in [9.17, 15) is 9.59 Å². The van der Waals surface area contributed by atoms with E-state index in [0.717, 1.165) is 0 Å². The summed E-state index contributed by atoms with van der Waals surface area (Å²) in [5, 5.41) is 2.88. The number of aromatic amines is 1. The fourth-order valence-electron chi connectivity index (χ4n) is 1.59. The molecule has 0 aliphatic heterocycles. The van der Waals surface area contributed by atoms with Gasteiger partial charge in [-0.15, -0.1) is 0 Å². The molecule has 18 heavy (non-hydrogen) atoms. The highest BCUT2D eigenvalue weighted by Gasteiger charge is 2.15. The Morgan fingerprint density at radius 1 is 1.33 bits per heavy atom. The predicted molar refractivity (Wildman–Crippen MR) is 70.5 cm³/mol. The summed E-state index contributed by atoms with van der Waals surface area (Å²) in [6.07, 6.45) is 0.0749. The number of H-pyrrole nitrogens is 1. The van der Waals surface area contributed by atoms with Crippen molar-refractivity contribution in [3.05, 3.63) is 27.4 Å². The lowest BCUT2D eigenvalue weighted by Gasteiger charge is -2.17. The third-order valence-corrected chi connectivity index (χ3v) is 3.07. The van der Waals surface area contributed by atoms with Crippen LogP contribution in [0.3, 0.4) is 0 Å². The Bertz CT molecular complexity index is 491. The van der Waals surface area contributed by atoms with Gasteiger partial charge in [-0.1, -0.05) is 13.8 Å². The smallest absolute Gasteiger partial charge is 0.254 e. The number of rotatable bonds is 4. The second kappa shape index (κ2) is 5.80. The molecule has 0 radical (unpaired) electrons. The highest BCUT2D eigenvalue weighted by molar-refractivity contribution is 5.78. The molecule has 1 atom stereocenters. The van der Waals surface area contributed by atoms with Gasteiger partial charge in [0.25, 0.3) is 5.56 Å². The van der Waals surface area contributed by atoms with Gasteiger partial charge in [0.1, 0.15) is 5.82 Å². The van der Waals surface area contributed by atoms with Crippen LogP contribution in [0.5, 0.6) is 0 Å². The summed E-state index contributed by atoms with van der Waals surface area (Å²) < 4.78 is 0. The van der Waals surface area contributed by atoms with Crippen molar-refractivity contribution in [3.8, 4) is 0 Å². The molecule has 0 saturated carbocycles. The number of nitrogens with zero attached hydrogens (tertiary/aromatic N) is 1. The van der Waals surface area contributed by atoms with E-state index in [1.54, 1.807) is 13.8 Å². The van der Waals surface area contributed by atoms with E-state index in [1.807, 2.05) is 20.8 Å². The highest BCUT2D eigenvalue weighted by Crippen LogP contribution is 2.03. The molecule has 0 aromatic carbocycles. The van der Waals surface area contributed by atoms with Crippen molar-refractivity contribution >= 4 is 5.91 Å². The molecule has 0 fully saturated rings. The molecule has 5 nitrogen and oxygen atoms in total. The van der Waals surface area contributed by atoms with E-state index in [0.29, 0.717) is 23.0 Å². The number of aromatic nitrogens is 2. The van der Waals surface area contributed by atoms with Gasteiger partial charge < -0.3 is 10.3 Å². The fraction of sp³-hybridized carbons (Fsp3) is 0.615. The Balaban J connectivity index is 2.80. The number of aryl methyl sites for hydroxylation is 2. The molecule has 5 heteroatoms. The Hall–Kier alpha value is -1.65. The molecule has 0 aliphatic rings. The van der Waals surface area contributed by atoms with Gasteiger partial charge in [0, 0.05) is 17.3 Å². The topological polar surface area (TPSA) is 74.8 Å². The van der Waals surface area contributed by atoms with E-state index in [1.165, 1.54) is 0 Å². The van der Waals surface area contributed by atoms with Crippen molar-refractivity contribution in [2.45, 2.75) is 47.1 Å². The van der Waals surface area contributed by atoms with Crippen molar-refractivity contribution in [1.82, 2.24) is 15.3 Å². The summed E-state index contributed by atoms with van der Waals surface area (Å²) in [5.41, 5.74) is 0.824. The lowest BCUT2D eigenvalue weighted by atomic mass is 10.1. The van der Waals surface area contributed by atoms with Crippen molar-refractivity contribution < 1.29 is 4.79 Å². The van der Waals surface area contributed by atoms with Crippen molar-refractivity contribution in [2.75, 3.05) is 0 Å². The second-order valence-electron chi connectivity index (χ2n) is 4.99. The molecule has 0 spiro atoms. The van der Waals surface area contributed by atoms with Crippen molar-refractivity contribution in [2.24, 2.45) is 5.92 Å². The monoisotopic (exact) mass is 251 g/mol. The number of carbonyl (C=O) groups is 1. The Labute approximate surface area is 107 Å². The largest absolute Gasteiger partial charge is 0.353 e. The van der Waals surface area contributed by atoms with Crippen LogP contribution in [0.15, 0.2) is 4.79 Å². The molecule has 1 amide bonds. The first-order valence-electron chi connectivity index (χ1n) is 6.17. The summed E-state index contributed by atoms with van der Waals surface area (Å²) in [7, 11) is 0. The molecule has 1 aromatic rings. The maximum Gasteiger partial charge on any atom is 0.254 e. The minimum atomic E-state index is -0.229. The molecule has 1 rings (SSSR count). The molecule has 0 bridgehead atoms. The Kier molecular flexibility index (Phi) is 4.64. The molecule has 100 valence electrons. The van der Waals surface area contributed by atoms with Crippen LogP contribution in [0.4, 0.5) is 0 Å². The van der Waals surface area contributed by atoms with E-state index in [4.69, 9.17) is 0 Å². The maximum atomic E-state index is 11.8. The van der Waals surface area contributed by atoms with E-state index in [-0.39, 0.29) is 23.9 Å². The van der Waals surface area contributed by atoms with Crippen LogP contribution in [0.1, 0.15) is 37.9 Å². The molecule has 1 aromatic heterocycles. The van der Waals surface area contributed by atoms with E-state index in [2.05, 4.69) is 15.3 Å². The summed E-state index contributed by atoms with van der Waals surface area (Å²) in [6.45, 7) is 9.50. The zero-order chi connectivity index (χ0) is 13.9. The second-order valence-corrected chi connectivity index (χ2v) is 4.99. The van der Waals surface area contributed by atoms with Gasteiger partial charge in [0.05, 0.1) is 6.42 Å². The molecule has 0 aliphatic carbocycles. The van der Waals surface area contributed by atoms with Gasteiger partial charge in [0.2, 0.25) is 5.91 Å². The average molecular weight is 251 g/mol. The van der Waals surface area contributed by atoms with E-state index < -0.39 is 0 Å². The van der Waals surface area contributed by atoms with Crippen LogP contribution >= 0.6 is 0 Å². The SMILES string of the molecule is Cc1nc(C)c(CC(=O)NC(C)C(C)C)c(=O)[nH]1. The first-order chi connectivity index (χ1) is 8.31. The quantitative estimate of drug-likeness (QED) is 0.841. The highest BCUT2D eigenvalue weighted by atomic mass is 16.2. The Morgan fingerprint density at radius 2 is 1.94 bits per heavy atom. The van der Waals surface area contributed by atoms with Gasteiger partial charge in [-0.3, -0.25) is 9.59 Å². The summed E-state index contributed by atoms with van der Waals surface area (Å²) in [4.78, 5) is 30.3. The first-order valence-corrected chi connectivity index (χ1v) is 6.17. The molecular weight excluding hydrogens is 230 g/mol. The normalized spacial score (nSPS) is 12.6. The zero-order valence-electron chi connectivity index (χ0n) is 11.6. The maximum absolute atomic E-state index is 11.8. The number of amides is 1. The van der Waals surface area contributed by atoms with Gasteiger partial charge in [-0.25, -0.2) is 4.98 Å². The molecule has 0 saturated heterocycles. The van der Waals surface area contributed by atoms with Crippen LogP contribution in [0, 0.1) is 19.8 Å². The molecule has 1 heterocycles. The van der Waals surface area contributed by atoms with Crippen LogP contribution in [-0.2, 0) is 11.2 Å². The van der Waals surface area contributed by atoms with Crippen LogP contribution < -0.4 is 10.9 Å². The fourth-order valence-corrected chi connectivity index (χ4v) is 1.59. The molecule has 2 N–H and O–H groups in total. The summed E-state index contributed by atoms with van der Waals surface area (Å²) in [5.74, 6) is 0.789. The minimum Gasteiger partial charge on any atom is -0.353 e. The summed E-state index contributed by atoms with van der Waals surface area (Å²) >= 11 is 0. The lowest BCUT2D eigenvalue weighted by molar-refractivity contribution is -0.121. The van der Waals surface area contributed by atoms with Crippen LogP contribution in [0.2, 0.25) is 0 Å². The minimum absolute atomic E-state index is 0.0749. The van der Waals surface area contributed by atoms with Crippen LogP contribution in [0.25, 0.3) is 0 Å². The predicted octanol–water partition coefficient (Wildman–Crippen LogP) is 1.09. The number of carbonyl (C=O) groups excluding carboxylic acids is 1.